The van der Waals surface area contributed by atoms with Gasteiger partial charge in [-0.1, -0.05) is 74.4 Å². The molecule has 6 heteroatoms. The second-order valence-corrected chi connectivity index (χ2v) is 8.42. The number of allylic oxidation sites excluding steroid dienone is 8. The van der Waals surface area contributed by atoms with E-state index >= 15 is 0 Å². The van der Waals surface area contributed by atoms with Crippen LogP contribution >= 0.6 is 0 Å². The number of carbonyl (C=O) groups is 2. The van der Waals surface area contributed by atoms with Gasteiger partial charge in [0.1, 0.15) is 0 Å². The zero-order chi connectivity index (χ0) is 26.3. The smallest absolute Gasteiger partial charge is 0.306 e. The number of carbonyl (C=O) groups excluding carboxylic acids is 2. The summed E-state index contributed by atoms with van der Waals surface area (Å²) in [5, 5.41) is 12.3. The molecule has 198 valence electrons. The summed E-state index contributed by atoms with van der Waals surface area (Å²) >= 11 is 0. The number of hydrogen-bond donors (Lipinski definition) is 2. The van der Waals surface area contributed by atoms with Crippen molar-refractivity contribution in [3.8, 4) is 11.5 Å². The maximum absolute atomic E-state index is 11.9. The Balaban J connectivity index is 2.03. The average Bonchev–Trinajstić information content (AvgIpc) is 2.88. The van der Waals surface area contributed by atoms with Gasteiger partial charge in [-0.25, -0.2) is 0 Å². The molecule has 0 spiro atoms. The van der Waals surface area contributed by atoms with Crippen molar-refractivity contribution in [2.24, 2.45) is 0 Å². The van der Waals surface area contributed by atoms with E-state index in [9.17, 15) is 14.7 Å². The lowest BCUT2D eigenvalue weighted by molar-refractivity contribution is -0.148. The van der Waals surface area contributed by atoms with E-state index in [-0.39, 0.29) is 37.2 Å². The summed E-state index contributed by atoms with van der Waals surface area (Å²) in [5.74, 6) is -0.391. The molecule has 1 aromatic carbocycles. The number of phenols is 1. The molecule has 36 heavy (non-hydrogen) atoms. The molecule has 1 rings (SSSR count). The molecule has 0 heterocycles. The van der Waals surface area contributed by atoms with Crippen molar-refractivity contribution < 1.29 is 24.2 Å². The summed E-state index contributed by atoms with van der Waals surface area (Å²) in [6, 6.07) is 4.82. The highest BCUT2D eigenvalue weighted by Crippen LogP contribution is 2.26. The van der Waals surface area contributed by atoms with Crippen LogP contribution < -0.4 is 10.1 Å². The van der Waals surface area contributed by atoms with Crippen LogP contribution in [0.3, 0.4) is 0 Å². The van der Waals surface area contributed by atoms with E-state index in [0.29, 0.717) is 12.2 Å². The number of aromatic hydroxyl groups is 1. The van der Waals surface area contributed by atoms with Crippen molar-refractivity contribution in [1.82, 2.24) is 5.32 Å². The van der Waals surface area contributed by atoms with Crippen molar-refractivity contribution in [1.29, 1.82) is 0 Å². The minimum absolute atomic E-state index is 0.0348. The fraction of sp³-hybridized carbons (Fsp3) is 0.467. The van der Waals surface area contributed by atoms with E-state index < -0.39 is 0 Å². The molecular formula is C30H43NO5. The lowest BCUT2D eigenvalue weighted by Gasteiger charge is -2.08. The van der Waals surface area contributed by atoms with Crippen molar-refractivity contribution in [2.75, 3.05) is 13.7 Å². The molecule has 0 saturated carbocycles. The molecule has 0 bridgehead atoms. The molecule has 0 aliphatic carbocycles. The third-order valence-corrected chi connectivity index (χ3v) is 5.31. The van der Waals surface area contributed by atoms with Crippen LogP contribution in [0.4, 0.5) is 0 Å². The number of ether oxygens (including phenoxy) is 2. The standard InChI is InChI=1S/C30H43NO5/c1-3-4-5-6-7-8-9-10-11-12-13-14-15-16-17-18-19-20-30(34)36-25-29(33)31-24-26-21-22-27(32)28(23-26)35-2/h7-8,10-11,13-14,16-17,21-23,32H,3-6,9,12,15,18-20,24-25H2,1-2H3,(H,31,33)/b8-7-,11-10-,14-13-,17-16-. The summed E-state index contributed by atoms with van der Waals surface area (Å²) in [4.78, 5) is 23.7. The molecule has 0 saturated heterocycles. The van der Waals surface area contributed by atoms with Crippen LogP contribution in [-0.4, -0.2) is 30.7 Å². The van der Waals surface area contributed by atoms with E-state index in [0.717, 1.165) is 31.2 Å². The van der Waals surface area contributed by atoms with Gasteiger partial charge >= 0.3 is 5.97 Å². The first-order chi connectivity index (χ1) is 17.6. The van der Waals surface area contributed by atoms with Crippen LogP contribution in [0.1, 0.15) is 76.7 Å². The highest BCUT2D eigenvalue weighted by Gasteiger charge is 2.08. The molecule has 6 nitrogen and oxygen atoms in total. The van der Waals surface area contributed by atoms with E-state index in [1.54, 1.807) is 12.1 Å². The van der Waals surface area contributed by atoms with Gasteiger partial charge in [-0.2, -0.15) is 0 Å². The summed E-state index contributed by atoms with van der Waals surface area (Å²) in [7, 11) is 1.46. The summed E-state index contributed by atoms with van der Waals surface area (Å²) in [6.07, 6.45) is 27.0. The highest BCUT2D eigenvalue weighted by atomic mass is 16.5. The normalized spacial score (nSPS) is 11.7. The maximum Gasteiger partial charge on any atom is 0.306 e. The summed E-state index contributed by atoms with van der Waals surface area (Å²) in [5.41, 5.74) is 0.767. The number of amides is 1. The second kappa shape index (κ2) is 21.0. The fourth-order valence-corrected chi connectivity index (χ4v) is 3.23. The Labute approximate surface area is 216 Å². The summed E-state index contributed by atoms with van der Waals surface area (Å²) in [6.45, 7) is 2.17. The van der Waals surface area contributed by atoms with Gasteiger partial charge in [0.05, 0.1) is 7.11 Å². The quantitative estimate of drug-likeness (QED) is 0.126. The van der Waals surface area contributed by atoms with Crippen LogP contribution in [0.5, 0.6) is 11.5 Å². The third-order valence-electron chi connectivity index (χ3n) is 5.31. The summed E-state index contributed by atoms with van der Waals surface area (Å²) < 4.78 is 10.1. The first-order valence-corrected chi connectivity index (χ1v) is 12.9. The number of phenolic OH excluding ortho intramolecular Hbond substituents is 1. The molecule has 0 unspecified atom stereocenters. The molecule has 2 N–H and O–H groups in total. The van der Waals surface area contributed by atoms with Gasteiger partial charge < -0.3 is 19.9 Å². The predicted octanol–water partition coefficient (Wildman–Crippen LogP) is 6.71. The first kappa shape index (κ1) is 30.8. The van der Waals surface area contributed by atoms with Crippen molar-refractivity contribution in [3.05, 3.63) is 72.4 Å². The Morgan fingerprint density at radius 2 is 1.50 bits per heavy atom. The molecule has 1 amide bonds. The largest absolute Gasteiger partial charge is 0.504 e. The van der Waals surface area contributed by atoms with Crippen molar-refractivity contribution in [3.63, 3.8) is 0 Å². The van der Waals surface area contributed by atoms with E-state index in [1.807, 2.05) is 0 Å². The topological polar surface area (TPSA) is 84.9 Å². The van der Waals surface area contributed by atoms with E-state index in [4.69, 9.17) is 9.47 Å². The molecule has 0 aliphatic rings. The third kappa shape index (κ3) is 16.4. The number of unbranched alkanes of at least 4 members (excludes halogenated alkanes) is 4. The Kier molecular flexibility index (Phi) is 18.0. The number of methoxy groups -OCH3 is 1. The number of esters is 1. The first-order valence-electron chi connectivity index (χ1n) is 12.9. The van der Waals surface area contributed by atoms with Crippen LogP contribution in [0, 0.1) is 0 Å². The van der Waals surface area contributed by atoms with Crippen molar-refractivity contribution >= 4 is 11.9 Å². The Morgan fingerprint density at radius 3 is 2.11 bits per heavy atom. The van der Waals surface area contributed by atoms with Gasteiger partial charge in [-0.05, 0) is 62.6 Å². The predicted molar refractivity (Wildman–Crippen MR) is 146 cm³/mol. The molecule has 1 aromatic rings. The Bertz CT molecular complexity index is 870. The average molecular weight is 498 g/mol. The number of nitrogens with one attached hydrogen (secondary N) is 1. The minimum Gasteiger partial charge on any atom is -0.504 e. The monoisotopic (exact) mass is 497 g/mol. The zero-order valence-electron chi connectivity index (χ0n) is 21.9. The number of benzene rings is 1. The van der Waals surface area contributed by atoms with Gasteiger partial charge in [0, 0.05) is 13.0 Å². The lowest BCUT2D eigenvalue weighted by Crippen LogP contribution is -2.28. The fourth-order valence-electron chi connectivity index (χ4n) is 3.23. The SMILES string of the molecule is CCCCC/C=C\C/C=C\C/C=C\C/C=C\CCCC(=O)OCC(=O)NCc1ccc(O)c(OC)c1. The number of rotatable bonds is 19. The van der Waals surface area contributed by atoms with Crippen LogP contribution in [0.2, 0.25) is 0 Å². The maximum atomic E-state index is 11.9. The minimum atomic E-state index is -0.382. The molecule has 0 fully saturated rings. The van der Waals surface area contributed by atoms with Gasteiger partial charge in [0.2, 0.25) is 0 Å². The second-order valence-electron chi connectivity index (χ2n) is 8.42. The zero-order valence-corrected chi connectivity index (χ0v) is 21.9. The lowest BCUT2D eigenvalue weighted by atomic mass is 10.2. The number of hydrogen-bond acceptors (Lipinski definition) is 5. The van der Waals surface area contributed by atoms with E-state index in [2.05, 4.69) is 60.8 Å². The Morgan fingerprint density at radius 1 is 0.889 bits per heavy atom. The van der Waals surface area contributed by atoms with Crippen LogP contribution in [-0.2, 0) is 20.9 Å². The van der Waals surface area contributed by atoms with E-state index in [1.165, 1.54) is 38.9 Å². The molecule has 0 atom stereocenters. The van der Waals surface area contributed by atoms with Gasteiger partial charge in [-0.15, -0.1) is 0 Å². The van der Waals surface area contributed by atoms with Crippen LogP contribution in [0.25, 0.3) is 0 Å². The van der Waals surface area contributed by atoms with Crippen molar-refractivity contribution in [2.45, 2.75) is 77.7 Å². The molecular weight excluding hydrogens is 454 g/mol. The molecule has 0 aromatic heterocycles. The molecule has 0 aliphatic heterocycles. The van der Waals surface area contributed by atoms with Crippen LogP contribution in [0.15, 0.2) is 66.8 Å². The molecule has 0 radical (unpaired) electrons. The Hall–Kier alpha value is -3.28. The highest BCUT2D eigenvalue weighted by molar-refractivity contribution is 5.80. The van der Waals surface area contributed by atoms with Gasteiger partial charge in [0.15, 0.2) is 18.1 Å². The van der Waals surface area contributed by atoms with Gasteiger partial charge in [-0.3, -0.25) is 9.59 Å². The van der Waals surface area contributed by atoms with Gasteiger partial charge in [0.25, 0.3) is 5.91 Å².